The summed E-state index contributed by atoms with van der Waals surface area (Å²) in [6, 6.07) is 7.81. The van der Waals surface area contributed by atoms with Gasteiger partial charge in [0.25, 0.3) is 0 Å². The van der Waals surface area contributed by atoms with Gasteiger partial charge < -0.3 is 14.5 Å². The lowest BCUT2D eigenvalue weighted by molar-refractivity contribution is -0.142. The Morgan fingerprint density at radius 2 is 2.04 bits per heavy atom. The molecule has 0 aliphatic carbocycles. The number of thioether (sulfide) groups is 1. The summed E-state index contributed by atoms with van der Waals surface area (Å²) in [6.07, 6.45) is 1.43. The third-order valence-corrected chi connectivity index (χ3v) is 5.89. The normalized spacial score (nSPS) is 23.6. The van der Waals surface area contributed by atoms with E-state index in [4.69, 9.17) is 4.74 Å². The van der Waals surface area contributed by atoms with E-state index in [0.29, 0.717) is 24.0 Å². The molecule has 3 rings (SSSR count). The van der Waals surface area contributed by atoms with Crippen molar-refractivity contribution < 1.29 is 14.3 Å². The molecule has 0 N–H and O–H groups in total. The van der Waals surface area contributed by atoms with Gasteiger partial charge in [-0.2, -0.15) is 0 Å². The topological polar surface area (TPSA) is 49.9 Å². The first-order chi connectivity index (χ1) is 11.6. The second-order valence-electron chi connectivity index (χ2n) is 6.28. The Hall–Kier alpha value is -1.69. The number of amides is 2. The van der Waals surface area contributed by atoms with Crippen LogP contribution in [0.25, 0.3) is 0 Å². The lowest BCUT2D eigenvalue weighted by atomic mass is 9.98. The van der Waals surface area contributed by atoms with Crippen LogP contribution in [-0.4, -0.2) is 59.5 Å². The molecule has 2 fully saturated rings. The summed E-state index contributed by atoms with van der Waals surface area (Å²) in [5.41, 5.74) is 1.24. The zero-order valence-electron chi connectivity index (χ0n) is 14.2. The Kier molecular flexibility index (Phi) is 5.33. The molecule has 1 aromatic carbocycles. The molecule has 24 heavy (non-hydrogen) atoms. The molecule has 0 aromatic heterocycles. The maximum absolute atomic E-state index is 12.9. The first-order valence-electron chi connectivity index (χ1n) is 8.44. The third-order valence-electron chi connectivity index (χ3n) is 4.88. The van der Waals surface area contributed by atoms with Crippen LogP contribution in [0.15, 0.2) is 24.3 Å². The molecule has 0 saturated carbocycles. The molecule has 5 nitrogen and oxygen atoms in total. The average molecular weight is 348 g/mol. The monoisotopic (exact) mass is 348 g/mol. The van der Waals surface area contributed by atoms with Gasteiger partial charge in [-0.3, -0.25) is 9.59 Å². The first-order valence-corrected chi connectivity index (χ1v) is 9.59. The SMILES string of the molecule is CCC(=O)N1CSCC1C(=O)N1CCC(c2ccc(OC)cc2)C1. The predicted molar refractivity (Wildman–Crippen MR) is 95.2 cm³/mol. The summed E-state index contributed by atoms with van der Waals surface area (Å²) in [5, 5.41) is 0. The lowest BCUT2D eigenvalue weighted by Gasteiger charge is -2.27. The quantitative estimate of drug-likeness (QED) is 0.838. The number of carbonyl (C=O) groups excluding carboxylic acids is 2. The Bertz CT molecular complexity index is 605. The highest BCUT2D eigenvalue weighted by Gasteiger charge is 2.38. The minimum Gasteiger partial charge on any atom is -0.497 e. The van der Waals surface area contributed by atoms with Crippen molar-refractivity contribution in [1.29, 1.82) is 0 Å². The van der Waals surface area contributed by atoms with Crippen LogP contribution in [0.4, 0.5) is 0 Å². The lowest BCUT2D eigenvalue weighted by Crippen LogP contribution is -2.48. The van der Waals surface area contributed by atoms with E-state index < -0.39 is 0 Å². The van der Waals surface area contributed by atoms with Crippen molar-refractivity contribution in [2.24, 2.45) is 0 Å². The van der Waals surface area contributed by atoms with Crippen molar-refractivity contribution in [3.05, 3.63) is 29.8 Å². The number of hydrogen-bond donors (Lipinski definition) is 0. The fraction of sp³-hybridized carbons (Fsp3) is 0.556. The number of likely N-dealkylation sites (tertiary alicyclic amines) is 1. The molecule has 6 heteroatoms. The van der Waals surface area contributed by atoms with E-state index in [0.717, 1.165) is 25.3 Å². The molecular formula is C18H24N2O3S. The zero-order valence-corrected chi connectivity index (χ0v) is 15.1. The molecule has 2 aliphatic heterocycles. The van der Waals surface area contributed by atoms with Crippen molar-refractivity contribution >= 4 is 23.6 Å². The van der Waals surface area contributed by atoms with Gasteiger partial charge >= 0.3 is 0 Å². The standard InChI is InChI=1S/C18H24N2O3S/c1-3-17(21)20-12-24-11-16(20)18(22)19-9-8-14(10-19)13-4-6-15(23-2)7-5-13/h4-7,14,16H,3,8-12H2,1-2H3. The molecule has 0 bridgehead atoms. The van der Waals surface area contributed by atoms with Crippen LogP contribution in [0, 0.1) is 0 Å². The van der Waals surface area contributed by atoms with Crippen LogP contribution in [0.3, 0.4) is 0 Å². The Morgan fingerprint density at radius 1 is 1.29 bits per heavy atom. The van der Waals surface area contributed by atoms with Crippen molar-refractivity contribution in [2.75, 3.05) is 31.8 Å². The second kappa shape index (κ2) is 7.47. The van der Waals surface area contributed by atoms with E-state index in [2.05, 4.69) is 12.1 Å². The summed E-state index contributed by atoms with van der Waals surface area (Å²) < 4.78 is 5.20. The Balaban J connectivity index is 1.64. The van der Waals surface area contributed by atoms with Crippen LogP contribution >= 0.6 is 11.8 Å². The minimum atomic E-state index is -0.280. The van der Waals surface area contributed by atoms with Crippen LogP contribution < -0.4 is 4.74 Å². The van der Waals surface area contributed by atoms with Crippen LogP contribution in [-0.2, 0) is 9.59 Å². The van der Waals surface area contributed by atoms with Gasteiger partial charge in [0, 0.05) is 31.2 Å². The van der Waals surface area contributed by atoms with E-state index >= 15 is 0 Å². The number of rotatable bonds is 4. The van der Waals surface area contributed by atoms with Crippen molar-refractivity contribution in [3.8, 4) is 5.75 Å². The van der Waals surface area contributed by atoms with Gasteiger partial charge in [-0.25, -0.2) is 0 Å². The van der Waals surface area contributed by atoms with Crippen LogP contribution in [0.5, 0.6) is 5.75 Å². The second-order valence-corrected chi connectivity index (χ2v) is 7.28. The van der Waals surface area contributed by atoms with E-state index in [1.54, 1.807) is 23.8 Å². The molecule has 0 spiro atoms. The number of methoxy groups -OCH3 is 1. The fourth-order valence-electron chi connectivity index (χ4n) is 3.42. The number of carbonyl (C=O) groups is 2. The van der Waals surface area contributed by atoms with E-state index in [1.807, 2.05) is 24.0 Å². The van der Waals surface area contributed by atoms with Gasteiger partial charge in [-0.05, 0) is 24.1 Å². The first kappa shape index (κ1) is 17.1. The summed E-state index contributed by atoms with van der Waals surface area (Å²) >= 11 is 1.67. The molecule has 2 aliphatic rings. The number of hydrogen-bond acceptors (Lipinski definition) is 4. The predicted octanol–water partition coefficient (Wildman–Crippen LogP) is 2.32. The van der Waals surface area contributed by atoms with Crippen molar-refractivity contribution in [3.63, 3.8) is 0 Å². The summed E-state index contributed by atoms with van der Waals surface area (Å²) in [6.45, 7) is 3.35. The minimum absolute atomic E-state index is 0.0734. The number of ether oxygens (including phenoxy) is 1. The summed E-state index contributed by atoms with van der Waals surface area (Å²) in [4.78, 5) is 28.6. The fourth-order valence-corrected chi connectivity index (χ4v) is 4.59. The van der Waals surface area contributed by atoms with Crippen molar-refractivity contribution in [1.82, 2.24) is 9.80 Å². The third kappa shape index (κ3) is 3.38. The summed E-state index contributed by atoms with van der Waals surface area (Å²) in [5.74, 6) is 2.75. The molecule has 130 valence electrons. The molecule has 0 radical (unpaired) electrons. The molecular weight excluding hydrogens is 324 g/mol. The van der Waals surface area contributed by atoms with Crippen LogP contribution in [0.1, 0.15) is 31.2 Å². The largest absolute Gasteiger partial charge is 0.497 e. The van der Waals surface area contributed by atoms with Crippen LogP contribution in [0.2, 0.25) is 0 Å². The van der Waals surface area contributed by atoms with E-state index in [9.17, 15) is 9.59 Å². The highest BCUT2D eigenvalue weighted by molar-refractivity contribution is 7.99. The van der Waals surface area contributed by atoms with Gasteiger partial charge in [0.15, 0.2) is 0 Å². The molecule has 2 atom stereocenters. The van der Waals surface area contributed by atoms with Gasteiger partial charge in [0.1, 0.15) is 11.8 Å². The number of benzene rings is 1. The van der Waals surface area contributed by atoms with Gasteiger partial charge in [-0.15, -0.1) is 11.8 Å². The highest BCUT2D eigenvalue weighted by atomic mass is 32.2. The van der Waals surface area contributed by atoms with E-state index in [1.165, 1.54) is 5.56 Å². The summed E-state index contributed by atoms with van der Waals surface area (Å²) in [7, 11) is 1.66. The van der Waals surface area contributed by atoms with Gasteiger partial charge in [0.05, 0.1) is 13.0 Å². The number of nitrogens with zero attached hydrogens (tertiary/aromatic N) is 2. The zero-order chi connectivity index (χ0) is 17.1. The molecule has 2 heterocycles. The molecule has 1 aromatic rings. The molecule has 2 unspecified atom stereocenters. The smallest absolute Gasteiger partial charge is 0.246 e. The van der Waals surface area contributed by atoms with Gasteiger partial charge in [-0.1, -0.05) is 19.1 Å². The van der Waals surface area contributed by atoms with Crippen molar-refractivity contribution in [2.45, 2.75) is 31.7 Å². The molecule has 2 saturated heterocycles. The maximum atomic E-state index is 12.9. The highest BCUT2D eigenvalue weighted by Crippen LogP contribution is 2.31. The Labute approximate surface area is 147 Å². The van der Waals surface area contributed by atoms with E-state index in [-0.39, 0.29) is 17.9 Å². The Morgan fingerprint density at radius 3 is 2.71 bits per heavy atom. The molecule has 2 amide bonds. The average Bonchev–Trinajstić information content (AvgIpc) is 3.30. The maximum Gasteiger partial charge on any atom is 0.246 e. The van der Waals surface area contributed by atoms with Gasteiger partial charge in [0.2, 0.25) is 11.8 Å².